The summed E-state index contributed by atoms with van der Waals surface area (Å²) in [6.07, 6.45) is 14.3. The number of furan rings is 1. The summed E-state index contributed by atoms with van der Waals surface area (Å²) >= 11 is 3.77. The molecule has 0 N–H and O–H groups in total. The van der Waals surface area contributed by atoms with Crippen molar-refractivity contribution in [1.29, 1.82) is 0 Å². The molecule has 15 aromatic carbocycles. The first-order chi connectivity index (χ1) is 56.9. The van der Waals surface area contributed by atoms with Gasteiger partial charge in [0.05, 0.1) is 0 Å². The highest BCUT2D eigenvalue weighted by Gasteiger charge is 2.63. The number of hydrogen-bond acceptors (Lipinski definition) is 5. The van der Waals surface area contributed by atoms with Gasteiger partial charge in [-0.25, -0.2) is 0 Å². The maximum atomic E-state index is 6.42. The van der Waals surface area contributed by atoms with Gasteiger partial charge in [0, 0.05) is 102 Å². The molecule has 115 heavy (non-hydrogen) atoms. The van der Waals surface area contributed by atoms with E-state index in [1.807, 2.05) is 28.7 Å². The second kappa shape index (κ2) is 25.8. The van der Waals surface area contributed by atoms with Crippen LogP contribution >= 0.6 is 22.7 Å². The molecule has 0 aliphatic heterocycles. The lowest BCUT2D eigenvalue weighted by Crippen LogP contribution is -2.55. The predicted octanol–water partition coefficient (Wildman–Crippen LogP) is 31.1. The molecule has 28 rings (SSSR count). The van der Waals surface area contributed by atoms with E-state index in [-0.39, 0.29) is 10.8 Å². The van der Waals surface area contributed by atoms with E-state index in [0.29, 0.717) is 0 Å². The lowest BCUT2D eigenvalue weighted by atomic mass is 9.43. The summed E-state index contributed by atoms with van der Waals surface area (Å²) in [4.78, 5) is 4.81. The number of fused-ring (bicyclic) bond motifs is 15. The van der Waals surface area contributed by atoms with Gasteiger partial charge in [-0.15, -0.1) is 22.7 Å². The van der Waals surface area contributed by atoms with Gasteiger partial charge >= 0.3 is 0 Å². The second-order valence-electron chi connectivity index (χ2n) is 35.0. The van der Waals surface area contributed by atoms with Crippen molar-refractivity contribution in [3.63, 3.8) is 0 Å². The van der Waals surface area contributed by atoms with Gasteiger partial charge in [0.15, 0.2) is 0 Å². The highest BCUT2D eigenvalue weighted by molar-refractivity contribution is 7.26. The zero-order valence-corrected chi connectivity index (χ0v) is 65.8. The standard InChI is InChI=1S/C58H45NO.C52H39NS2/c1-2-8-39(9-3-1)40-14-16-41(17-15-40)42-18-23-47(24-19-42)59(49-27-28-52-51-11-5-7-13-56(51)60-57(52)36-49)48-25-20-43(21-26-48)44-22-29-55-53(35-44)50-10-4-6-12-54(50)58(55)45-31-37-30-38(33-45)34-46(58)32-37;1-4-10-46-40(7-1)45-28-34(15-22-47(45)52(46)35-24-31-23-32(26-35)27-36(52)25-31)33-13-16-37(17-14-33)53(38-18-20-43-41-8-2-5-11-48(41)54-50(43)29-38)39-19-21-44-42-9-3-6-12-49(42)55-51(44)30-39/h1-29,35-38,45-46H,30-34H2;1-22,28-32,35-36H,23-27H2. The van der Waals surface area contributed by atoms with E-state index in [1.165, 1.54) is 188 Å². The van der Waals surface area contributed by atoms with Gasteiger partial charge in [0.2, 0.25) is 0 Å². The Kier molecular flexibility index (Phi) is 14.9. The number of anilines is 6. The summed E-state index contributed by atoms with van der Waals surface area (Å²) in [6, 6.07) is 127. The van der Waals surface area contributed by atoms with Crippen LogP contribution in [-0.4, -0.2) is 0 Å². The zero-order chi connectivity index (χ0) is 75.2. The first-order valence-corrected chi connectivity index (χ1v) is 43.8. The molecule has 3 aromatic heterocycles. The fraction of sp³-hybridized carbons (Fsp3) is 0.182. The Morgan fingerprint density at radius 1 is 0.217 bits per heavy atom. The summed E-state index contributed by atoms with van der Waals surface area (Å²) in [7, 11) is 0. The van der Waals surface area contributed by atoms with E-state index in [0.717, 1.165) is 86.3 Å². The van der Waals surface area contributed by atoms with Crippen LogP contribution < -0.4 is 9.80 Å². The molecule has 8 saturated carbocycles. The van der Waals surface area contributed by atoms with Gasteiger partial charge in [-0.3, -0.25) is 0 Å². The van der Waals surface area contributed by atoms with Gasteiger partial charge < -0.3 is 14.2 Å². The van der Waals surface area contributed by atoms with Gasteiger partial charge in [0.25, 0.3) is 0 Å². The Labute approximate surface area is 679 Å². The first-order valence-electron chi connectivity index (χ1n) is 42.2. The number of thiophene rings is 2. The number of nitrogens with zero attached hydrogens (tertiary/aromatic N) is 2. The maximum Gasteiger partial charge on any atom is 0.137 e. The van der Waals surface area contributed by atoms with Crippen LogP contribution in [0.4, 0.5) is 34.1 Å². The predicted molar refractivity (Wildman–Crippen MR) is 484 cm³/mol. The van der Waals surface area contributed by atoms with Crippen molar-refractivity contribution in [1.82, 2.24) is 0 Å². The molecule has 18 aromatic rings. The van der Waals surface area contributed by atoms with E-state index in [1.54, 1.807) is 22.3 Å². The van der Waals surface area contributed by atoms with Crippen molar-refractivity contribution in [2.75, 3.05) is 9.80 Å². The van der Waals surface area contributed by atoms with Crippen molar-refractivity contribution in [2.45, 2.75) is 75.0 Å². The third-order valence-electron chi connectivity index (χ3n) is 29.3. The molecule has 0 radical (unpaired) electrons. The van der Waals surface area contributed by atoms with E-state index < -0.39 is 0 Å². The van der Waals surface area contributed by atoms with Crippen LogP contribution in [0.15, 0.2) is 344 Å². The van der Waals surface area contributed by atoms with E-state index in [9.17, 15) is 0 Å². The number of benzene rings is 15. The van der Waals surface area contributed by atoms with E-state index in [2.05, 4.69) is 343 Å². The minimum atomic E-state index is 0.199. The SMILES string of the molecule is c1ccc(-c2ccc(-c3ccc(N(c4ccc(-c5ccc6c(c5)-c5ccccc5C65C6CC7CC(C6)CC5C7)cc4)c4ccc5c(c4)oc4ccccc45)cc3)cc2)cc1.c1ccc2c(c1)-c1cc(-c3ccc(N(c4ccc5c(c4)sc4ccccc45)c4ccc5c(c4)sc4ccccc45)cc3)ccc1C21C2CC3CC(C2)CC1C3. The minimum Gasteiger partial charge on any atom is -0.456 e. The number of hydrogen-bond donors (Lipinski definition) is 0. The third-order valence-corrected chi connectivity index (χ3v) is 31.6. The highest BCUT2D eigenvalue weighted by Crippen LogP contribution is 2.71. The Morgan fingerprint density at radius 3 is 0.991 bits per heavy atom. The normalized spacial score (nSPS) is 22.7. The summed E-state index contributed by atoms with van der Waals surface area (Å²) in [5.74, 6) is 6.95. The quantitative estimate of drug-likeness (QED) is 0.136. The molecule has 8 bridgehead atoms. The largest absolute Gasteiger partial charge is 0.456 e. The average Bonchev–Trinajstić information content (AvgIpc) is 1.57. The minimum absolute atomic E-state index is 0.199. The van der Waals surface area contributed by atoms with Crippen LogP contribution in [0.2, 0.25) is 0 Å². The monoisotopic (exact) mass is 1510 g/mol. The van der Waals surface area contributed by atoms with Crippen LogP contribution in [0.5, 0.6) is 0 Å². The molecule has 0 atom stereocenters. The topological polar surface area (TPSA) is 19.6 Å². The van der Waals surface area contributed by atoms with Crippen molar-refractivity contribution >= 4 is 119 Å². The summed E-state index contributed by atoms with van der Waals surface area (Å²) in [6.45, 7) is 0. The maximum absolute atomic E-state index is 6.42. The van der Waals surface area contributed by atoms with Crippen molar-refractivity contribution in [3.8, 4) is 66.8 Å². The highest BCUT2D eigenvalue weighted by atomic mass is 32.1. The molecule has 10 aliphatic carbocycles. The van der Waals surface area contributed by atoms with Crippen molar-refractivity contribution in [2.24, 2.45) is 47.3 Å². The van der Waals surface area contributed by atoms with E-state index in [4.69, 9.17) is 4.42 Å². The van der Waals surface area contributed by atoms with Gasteiger partial charge in [0.1, 0.15) is 11.2 Å². The van der Waals surface area contributed by atoms with Crippen molar-refractivity contribution in [3.05, 3.63) is 362 Å². The van der Waals surface area contributed by atoms with E-state index >= 15 is 0 Å². The number of para-hydroxylation sites is 1. The Hall–Kier alpha value is -11.9. The molecular formula is C110H84N2OS2. The molecule has 552 valence electrons. The molecule has 10 aliphatic rings. The van der Waals surface area contributed by atoms with Gasteiger partial charge in [-0.1, -0.05) is 231 Å². The van der Waals surface area contributed by atoms with Crippen LogP contribution in [-0.2, 0) is 10.8 Å². The molecule has 5 heteroatoms. The summed E-state index contributed by atoms with van der Waals surface area (Å²) in [5, 5.41) is 7.60. The van der Waals surface area contributed by atoms with Crippen molar-refractivity contribution < 1.29 is 4.42 Å². The lowest BCUT2D eigenvalue weighted by Gasteiger charge is -2.61. The smallest absolute Gasteiger partial charge is 0.137 e. The first kappa shape index (κ1) is 66.6. The van der Waals surface area contributed by atoms with Crippen LogP contribution in [0.25, 0.3) is 129 Å². The summed E-state index contributed by atoms with van der Waals surface area (Å²) in [5.41, 5.74) is 31.4. The molecule has 8 fully saturated rings. The zero-order valence-electron chi connectivity index (χ0n) is 64.1. The van der Waals surface area contributed by atoms with Crippen LogP contribution in [0, 0.1) is 47.3 Å². The Balaban J connectivity index is 0.000000130. The fourth-order valence-electron chi connectivity index (χ4n) is 25.0. The molecule has 0 unspecified atom stereocenters. The Morgan fingerprint density at radius 2 is 0.530 bits per heavy atom. The lowest BCUT2D eigenvalue weighted by molar-refractivity contribution is -0.0399. The van der Waals surface area contributed by atoms with Gasteiger partial charge in [-0.2, -0.15) is 0 Å². The molecule has 0 amide bonds. The third kappa shape index (κ3) is 10.2. The number of rotatable bonds is 10. The van der Waals surface area contributed by atoms with Crippen LogP contribution in [0.3, 0.4) is 0 Å². The fourth-order valence-corrected chi connectivity index (χ4v) is 27.3. The molecular weight excluding hydrogens is 1430 g/mol. The second-order valence-corrected chi connectivity index (χ2v) is 37.2. The molecule has 2 spiro atoms. The molecule has 3 nitrogen and oxygen atoms in total. The molecule has 3 heterocycles. The average molecular weight is 1510 g/mol. The molecule has 0 saturated heterocycles. The Bertz CT molecular complexity index is 6770. The van der Waals surface area contributed by atoms with Crippen LogP contribution in [0.1, 0.15) is 86.5 Å². The summed E-state index contributed by atoms with van der Waals surface area (Å²) < 4.78 is 11.7. The van der Waals surface area contributed by atoms with Gasteiger partial charge in [-0.05, 0) is 304 Å².